The van der Waals surface area contributed by atoms with Crippen LogP contribution in [0.15, 0.2) is 130 Å². The summed E-state index contributed by atoms with van der Waals surface area (Å²) < 4.78 is 74.1. The van der Waals surface area contributed by atoms with Gasteiger partial charge in [-0.1, -0.05) is 41.9 Å². The van der Waals surface area contributed by atoms with Crippen LogP contribution in [0.3, 0.4) is 0 Å². The number of aryl methyl sites for hydroxylation is 1. The summed E-state index contributed by atoms with van der Waals surface area (Å²) in [7, 11) is -5.78. The molecule has 354 valence electrons. The third-order valence-electron chi connectivity index (χ3n) is 12.8. The van der Waals surface area contributed by atoms with E-state index in [0.29, 0.717) is 65.1 Å². The fourth-order valence-corrected chi connectivity index (χ4v) is 12.6. The molecule has 1 atom stereocenters. The maximum atomic E-state index is 15.6. The Morgan fingerprint density at radius 2 is 1.45 bits per heavy atom. The number of rotatable bonds is 16. The molecule has 6 aromatic rings. The topological polar surface area (TPSA) is 127 Å². The molecule has 2 saturated heterocycles. The Morgan fingerprint density at radius 3 is 2.09 bits per heavy atom. The van der Waals surface area contributed by atoms with Crippen molar-refractivity contribution in [3.05, 3.63) is 137 Å². The summed E-state index contributed by atoms with van der Waals surface area (Å²) >= 11 is 8.00. The molecule has 8 rings (SSSR count). The predicted molar refractivity (Wildman–Crippen MR) is 273 cm³/mol. The van der Waals surface area contributed by atoms with E-state index in [-0.39, 0.29) is 21.9 Å². The van der Waals surface area contributed by atoms with Crippen molar-refractivity contribution in [2.24, 2.45) is 7.05 Å². The fraction of sp³-hybridized carbons (Fsp3) is 0.333. The van der Waals surface area contributed by atoms with Crippen molar-refractivity contribution in [1.29, 1.82) is 0 Å². The highest BCUT2D eigenvalue weighted by Gasteiger charge is 2.29. The van der Waals surface area contributed by atoms with Crippen LogP contribution < -0.4 is 19.8 Å². The largest absolute Gasteiger partial charge is 0.393 e. The fourth-order valence-electron chi connectivity index (χ4n) is 9.10. The van der Waals surface area contributed by atoms with Crippen LogP contribution >= 0.6 is 23.4 Å². The molecule has 0 bridgehead atoms. The highest BCUT2D eigenvalue weighted by molar-refractivity contribution is 7.99. The highest BCUT2D eigenvalue weighted by atomic mass is 35.5. The van der Waals surface area contributed by atoms with Gasteiger partial charge in [-0.2, -0.15) is 0 Å². The molecule has 2 aliphatic heterocycles. The van der Waals surface area contributed by atoms with Gasteiger partial charge in [0.1, 0.15) is 5.82 Å². The van der Waals surface area contributed by atoms with Gasteiger partial charge in [-0.3, -0.25) is 4.72 Å². The summed E-state index contributed by atoms with van der Waals surface area (Å²) in [6.07, 6.45) is 3.47. The lowest BCUT2D eigenvalue weighted by Crippen LogP contribution is -2.46. The van der Waals surface area contributed by atoms with E-state index in [1.807, 2.05) is 73.1 Å². The number of piperazine rings is 1. The number of likely N-dealkylation sites (tertiary alicyclic amines) is 1. The first-order chi connectivity index (χ1) is 32.0. The molecular formula is C51H58ClFN6O5S3. The number of nitrogens with one attached hydrogen (secondary N) is 2. The zero-order valence-corrected chi connectivity index (χ0v) is 41.5. The maximum Gasteiger partial charge on any atom is 0.261 e. The van der Waals surface area contributed by atoms with E-state index in [4.69, 9.17) is 11.6 Å². The van der Waals surface area contributed by atoms with E-state index in [1.54, 1.807) is 55.1 Å². The molecule has 0 radical (unpaired) electrons. The third kappa shape index (κ3) is 11.6. The van der Waals surface area contributed by atoms with Gasteiger partial charge in [-0.15, -0.1) is 11.8 Å². The Morgan fingerprint density at radius 1 is 0.791 bits per heavy atom. The molecule has 67 heavy (non-hydrogen) atoms. The predicted octanol–water partition coefficient (Wildman–Crippen LogP) is 9.72. The average Bonchev–Trinajstić information content (AvgIpc) is 3.58. The van der Waals surface area contributed by atoms with Gasteiger partial charge in [0.25, 0.3) is 10.0 Å². The summed E-state index contributed by atoms with van der Waals surface area (Å²) in [5.74, 6) is 0.376. The number of hydrogen-bond donors (Lipinski definition) is 3. The third-order valence-corrected chi connectivity index (χ3v) is 16.9. The molecule has 0 saturated carbocycles. The van der Waals surface area contributed by atoms with Gasteiger partial charge in [0.05, 0.1) is 21.6 Å². The van der Waals surface area contributed by atoms with Crippen molar-refractivity contribution in [2.45, 2.75) is 59.9 Å². The summed E-state index contributed by atoms with van der Waals surface area (Å²) in [4.78, 5) is 8.24. The Hall–Kier alpha value is -5.03. The lowest BCUT2D eigenvalue weighted by atomic mass is 10.00. The van der Waals surface area contributed by atoms with Crippen molar-refractivity contribution < 1.29 is 26.3 Å². The molecule has 0 spiro atoms. The molecule has 11 nitrogen and oxygen atoms in total. The van der Waals surface area contributed by atoms with Gasteiger partial charge >= 0.3 is 0 Å². The van der Waals surface area contributed by atoms with E-state index >= 15 is 4.39 Å². The lowest BCUT2D eigenvalue weighted by molar-refractivity contribution is 0.0817. The van der Waals surface area contributed by atoms with Gasteiger partial charge < -0.3 is 29.7 Å². The average molecular weight is 986 g/mol. The van der Waals surface area contributed by atoms with E-state index in [1.165, 1.54) is 23.3 Å². The normalized spacial score (nSPS) is 15.7. The number of halogens is 2. The summed E-state index contributed by atoms with van der Waals surface area (Å²) in [6, 6.07) is 34.9. The smallest absolute Gasteiger partial charge is 0.261 e. The minimum atomic E-state index is -3.89. The first-order valence-electron chi connectivity index (χ1n) is 22.6. The van der Waals surface area contributed by atoms with E-state index < -0.39 is 25.7 Å². The zero-order valence-electron chi connectivity index (χ0n) is 38.3. The van der Waals surface area contributed by atoms with E-state index in [0.717, 1.165) is 67.2 Å². The van der Waals surface area contributed by atoms with Gasteiger partial charge in [-0.25, -0.2) is 21.2 Å². The zero-order chi connectivity index (χ0) is 47.5. The van der Waals surface area contributed by atoms with Crippen LogP contribution in [0.25, 0.3) is 22.4 Å². The number of benzene rings is 5. The van der Waals surface area contributed by atoms with Crippen molar-refractivity contribution >= 4 is 66.0 Å². The summed E-state index contributed by atoms with van der Waals surface area (Å²) in [5.41, 5.74) is 6.64. The number of aromatic nitrogens is 1. The van der Waals surface area contributed by atoms with E-state index in [2.05, 4.69) is 36.9 Å². The molecule has 5 aromatic carbocycles. The second-order valence-electron chi connectivity index (χ2n) is 17.6. The van der Waals surface area contributed by atoms with Gasteiger partial charge in [0, 0.05) is 115 Å². The SMILES string of the molecule is Cc1cc(S(=O)(=O)Nc2ccc(N3CCN(c4cc(F)cc(-c5c(S(C)(=O)=O)c(C)n(C)c5-c5ccc(Cl)cc5)c4)CC3)cc2)ccc1N[C@H](CCN1CCC(O)CC1)CSc1ccccc1. The molecule has 3 heterocycles. The number of piperidine rings is 1. The molecule has 2 aliphatic rings. The van der Waals surface area contributed by atoms with Gasteiger partial charge in [-0.05, 0) is 135 Å². The van der Waals surface area contributed by atoms with Crippen molar-refractivity contribution in [3.63, 3.8) is 0 Å². The van der Waals surface area contributed by atoms with Crippen LogP contribution in [-0.4, -0.2) is 101 Å². The molecule has 3 N–H and O–H groups in total. The number of thioether (sulfide) groups is 1. The molecule has 0 aliphatic carbocycles. The van der Waals surface area contributed by atoms with Crippen LogP contribution in [0.4, 0.5) is 27.1 Å². The first-order valence-corrected chi connectivity index (χ1v) is 27.3. The monoisotopic (exact) mass is 984 g/mol. The summed E-state index contributed by atoms with van der Waals surface area (Å²) in [5, 5.41) is 14.2. The molecule has 1 aromatic heterocycles. The van der Waals surface area contributed by atoms with Crippen LogP contribution in [0.1, 0.15) is 30.5 Å². The van der Waals surface area contributed by atoms with Crippen LogP contribution in [0.5, 0.6) is 0 Å². The molecule has 16 heteroatoms. The number of hydrogen-bond acceptors (Lipinski definition) is 10. The van der Waals surface area contributed by atoms with Crippen molar-refractivity contribution in [1.82, 2.24) is 9.47 Å². The van der Waals surface area contributed by atoms with Crippen LogP contribution in [-0.2, 0) is 26.9 Å². The Kier molecular flexibility index (Phi) is 14.9. The minimum absolute atomic E-state index is 0.142. The minimum Gasteiger partial charge on any atom is -0.393 e. The Labute approximate surface area is 403 Å². The van der Waals surface area contributed by atoms with Crippen molar-refractivity contribution in [3.8, 4) is 22.4 Å². The maximum absolute atomic E-state index is 15.6. The van der Waals surface area contributed by atoms with Crippen LogP contribution in [0, 0.1) is 19.7 Å². The second-order valence-corrected chi connectivity index (χ2v) is 22.8. The van der Waals surface area contributed by atoms with E-state index in [9.17, 15) is 21.9 Å². The molecule has 0 amide bonds. The highest BCUT2D eigenvalue weighted by Crippen LogP contribution is 2.43. The van der Waals surface area contributed by atoms with Gasteiger partial charge in [0.2, 0.25) is 0 Å². The Balaban J connectivity index is 0.912. The molecule has 0 unspecified atom stereocenters. The molecular weight excluding hydrogens is 927 g/mol. The standard InChI is InChI=1S/C51H58ClFN6O5S3/c1-35-30-47(18-19-48(35)54-42(34-65-46-8-6-5-7-9-46)20-23-57-24-21-45(60)22-25-57)67(63,64)55-41-14-16-43(17-15-41)58-26-28-59(29-27-58)44-32-38(31-40(53)33-44)49-50(37-10-12-39(52)13-11-37)56(3)36(2)51(49)66(4,61)62/h5-19,30-33,42,45,54-55,60H,20-29,34H2,1-4H3/t42-/m1/s1. The van der Waals surface area contributed by atoms with Gasteiger partial charge in [0.15, 0.2) is 9.84 Å². The van der Waals surface area contributed by atoms with Crippen molar-refractivity contribution in [2.75, 3.05) is 77.7 Å². The number of sulfone groups is 1. The number of sulfonamides is 1. The number of aliphatic hydroxyl groups excluding tert-OH is 1. The van der Waals surface area contributed by atoms with Crippen LogP contribution in [0.2, 0.25) is 5.02 Å². The summed E-state index contributed by atoms with van der Waals surface area (Å²) in [6.45, 7) is 8.78. The molecule has 2 fully saturated rings. The second kappa shape index (κ2) is 20.7. The quantitative estimate of drug-likeness (QED) is 0.0808. The number of nitrogens with zero attached hydrogens (tertiary/aromatic N) is 4. The number of anilines is 4. The lowest BCUT2D eigenvalue weighted by Gasteiger charge is -2.37. The first kappa shape index (κ1) is 48.4. The Bertz CT molecular complexity index is 2900. The number of aliphatic hydroxyl groups is 1.